The van der Waals surface area contributed by atoms with E-state index in [4.69, 9.17) is 11.5 Å². The van der Waals surface area contributed by atoms with E-state index in [2.05, 4.69) is 31.2 Å². The first-order valence-electron chi connectivity index (χ1n) is 23.5. The Hall–Kier alpha value is -12.0. The van der Waals surface area contributed by atoms with Gasteiger partial charge in [0.15, 0.2) is 5.75 Å². The number of benzene rings is 9. The van der Waals surface area contributed by atoms with Gasteiger partial charge in [0.05, 0.1) is 36.6 Å². The van der Waals surface area contributed by atoms with Crippen molar-refractivity contribution >= 4 is 84.5 Å². The Bertz CT molecular complexity index is 3980. The number of phenols is 2. The highest BCUT2D eigenvalue weighted by atomic mass is 16.6. The number of azo groups is 1. The Labute approximate surface area is 455 Å². The van der Waals surface area contributed by atoms with Crippen molar-refractivity contribution in [3.8, 4) is 11.5 Å². The Morgan fingerprint density at radius 3 is 1.62 bits per heavy atom. The third kappa shape index (κ3) is 13.4. The number of anilines is 3. The standard InChI is InChI=1S/C30H21N7O7.C19H16N4O5.C6H5NO2/c31-21-8-10-22(11-9-21)32-33-29-25-12-7-19(27(34-39)17-3-1-5-23(14-17)36(41)42)13-20(25)16-26(30(29)38)28(35-40)18-4-2-6-24(15-18)37(43)44;1-21-19(26)15-8-11-7-10(5-6-14(11)16(20)17(15)24)18(25)22-12-3-2-4-13(9-12)23(27)28;8-7(9)6-4-2-1-3-5-6/h1-16,27-28,38H,31H2;2-9,24H,20H2,1H3,(H,21,26)(H,22,25);1-5H. The summed E-state index contributed by atoms with van der Waals surface area (Å²) < 4.78 is 0. The quantitative estimate of drug-likeness (QED) is 0.0139. The van der Waals surface area contributed by atoms with Gasteiger partial charge in [0.25, 0.3) is 34.6 Å². The van der Waals surface area contributed by atoms with Gasteiger partial charge in [-0.05, 0) is 88.1 Å². The van der Waals surface area contributed by atoms with Crippen LogP contribution in [0.15, 0.2) is 197 Å². The van der Waals surface area contributed by atoms with Gasteiger partial charge >= 0.3 is 0 Å². The van der Waals surface area contributed by atoms with Crippen LogP contribution < -0.4 is 22.1 Å². The number of carbonyl (C=O) groups excluding carboxylic acids is 2. The van der Waals surface area contributed by atoms with Gasteiger partial charge < -0.3 is 32.3 Å². The van der Waals surface area contributed by atoms with Crippen LogP contribution in [0.2, 0.25) is 0 Å². The molecule has 0 saturated carbocycles. The largest absolute Gasteiger partial charge is 0.505 e. The van der Waals surface area contributed by atoms with Crippen LogP contribution in [0.25, 0.3) is 21.5 Å². The molecule has 8 N–H and O–H groups in total. The molecule has 0 aliphatic carbocycles. The molecule has 0 aromatic heterocycles. The second kappa shape index (κ2) is 25.3. The molecule has 26 heteroatoms. The maximum absolute atomic E-state index is 12.5. The Morgan fingerprint density at radius 2 is 1.05 bits per heavy atom. The number of nitrogens with zero attached hydrogens (tertiary/aromatic N) is 8. The van der Waals surface area contributed by atoms with E-state index in [0.29, 0.717) is 38.5 Å². The number of nitrogens with one attached hydrogen (secondary N) is 2. The van der Waals surface area contributed by atoms with E-state index < -0.39 is 49.3 Å². The van der Waals surface area contributed by atoms with E-state index in [1.807, 2.05) is 0 Å². The average molecular weight is 1100 g/mol. The van der Waals surface area contributed by atoms with Crippen LogP contribution in [-0.2, 0) is 0 Å². The van der Waals surface area contributed by atoms with Crippen LogP contribution in [-0.4, -0.2) is 48.8 Å². The van der Waals surface area contributed by atoms with Crippen molar-refractivity contribution in [2.75, 3.05) is 23.8 Å². The smallest absolute Gasteiger partial charge is 0.271 e. The Morgan fingerprint density at radius 1 is 0.519 bits per heavy atom. The summed E-state index contributed by atoms with van der Waals surface area (Å²) in [6, 6.07) is 40.4. The van der Waals surface area contributed by atoms with Crippen molar-refractivity contribution in [2.24, 2.45) is 20.6 Å². The first-order valence-corrected chi connectivity index (χ1v) is 23.5. The molecule has 2 amide bonds. The van der Waals surface area contributed by atoms with Gasteiger partial charge in [0.2, 0.25) is 0 Å². The number of nitrogen functional groups attached to an aromatic ring is 2. The number of phenolic OH excluding ortho intramolecular Hbond substituents is 2. The van der Waals surface area contributed by atoms with Crippen LogP contribution in [0.5, 0.6) is 11.5 Å². The predicted molar refractivity (Wildman–Crippen MR) is 300 cm³/mol. The van der Waals surface area contributed by atoms with Crippen LogP contribution in [0.3, 0.4) is 0 Å². The molecule has 0 heterocycles. The fraction of sp³-hybridized carbons (Fsp3) is 0.0545. The number of carbonyl (C=O) groups is 2. The van der Waals surface area contributed by atoms with Gasteiger partial charge in [-0.1, -0.05) is 77.1 Å². The molecule has 0 spiro atoms. The van der Waals surface area contributed by atoms with E-state index in [-0.39, 0.29) is 73.4 Å². The van der Waals surface area contributed by atoms with Gasteiger partial charge in [0, 0.05) is 88.9 Å². The molecule has 0 aliphatic heterocycles. The lowest BCUT2D eigenvalue weighted by Crippen LogP contribution is -2.18. The van der Waals surface area contributed by atoms with Crippen LogP contribution in [0, 0.1) is 50.3 Å². The van der Waals surface area contributed by atoms with Gasteiger partial charge in [-0.3, -0.25) is 50.0 Å². The Kier molecular flexibility index (Phi) is 17.7. The lowest BCUT2D eigenvalue weighted by molar-refractivity contribution is -0.385. The molecule has 2 atom stereocenters. The lowest BCUT2D eigenvalue weighted by atomic mass is 9.92. The topological polar surface area (TPSA) is 407 Å². The minimum atomic E-state index is -1.38. The third-order valence-corrected chi connectivity index (χ3v) is 12.1. The van der Waals surface area contributed by atoms with E-state index in [1.165, 1.54) is 116 Å². The molecule has 9 aromatic rings. The number of nitro groups is 4. The van der Waals surface area contributed by atoms with E-state index in [0.717, 1.165) is 0 Å². The summed E-state index contributed by atoms with van der Waals surface area (Å²) in [4.78, 5) is 90.0. The normalized spacial score (nSPS) is 11.4. The second-order valence-electron chi connectivity index (χ2n) is 17.2. The third-order valence-electron chi connectivity index (χ3n) is 12.1. The molecule has 406 valence electrons. The zero-order valence-electron chi connectivity index (χ0n) is 41.9. The first-order chi connectivity index (χ1) is 38.8. The van der Waals surface area contributed by atoms with Crippen molar-refractivity contribution in [2.45, 2.75) is 12.1 Å². The number of nitrogens with two attached hydrogens (primary N) is 2. The van der Waals surface area contributed by atoms with Crippen molar-refractivity contribution in [1.29, 1.82) is 0 Å². The number of amides is 2. The van der Waals surface area contributed by atoms with Crippen molar-refractivity contribution in [3.05, 3.63) is 260 Å². The zero-order valence-corrected chi connectivity index (χ0v) is 41.9. The summed E-state index contributed by atoms with van der Waals surface area (Å²) in [5.41, 5.74) is 13.3. The molecule has 81 heavy (non-hydrogen) atoms. The highest BCUT2D eigenvalue weighted by molar-refractivity contribution is 6.11. The minimum Gasteiger partial charge on any atom is -0.505 e. The highest BCUT2D eigenvalue weighted by Crippen LogP contribution is 2.46. The van der Waals surface area contributed by atoms with E-state index in [9.17, 15) is 70.1 Å². The number of nitro benzene ring substituents is 4. The summed E-state index contributed by atoms with van der Waals surface area (Å²) in [5.74, 6) is -1.78. The van der Waals surface area contributed by atoms with Gasteiger partial charge in [-0.15, -0.1) is 14.9 Å². The fourth-order valence-corrected chi connectivity index (χ4v) is 8.10. The number of hydrogen-bond donors (Lipinski definition) is 6. The molecule has 0 aliphatic rings. The number of rotatable bonds is 15. The van der Waals surface area contributed by atoms with Crippen LogP contribution >= 0.6 is 0 Å². The SMILES string of the molecule is CNC(=O)c1cc2cc(C(=O)Nc3cccc([N+](=O)[O-])c3)ccc2c(N)c1O.Nc1ccc(N=Nc2c(O)c(C(N=O)c3cccc([N+](=O)[O-])c3)cc3cc(C(N=O)c4cccc([N+](=O)[O-])c4)ccc23)cc1.O=[N+]([O-])c1ccccc1. The second-order valence-corrected chi connectivity index (χ2v) is 17.2. The molecule has 0 saturated heterocycles. The molecular weight excluding hydrogens is 1050 g/mol. The maximum Gasteiger partial charge on any atom is 0.271 e. The molecule has 0 fully saturated rings. The predicted octanol–water partition coefficient (Wildman–Crippen LogP) is 12.3. The monoisotopic (exact) mass is 1090 g/mol. The number of non-ortho nitro benzene ring substituents is 4. The van der Waals surface area contributed by atoms with E-state index in [1.54, 1.807) is 66.7 Å². The van der Waals surface area contributed by atoms with Crippen LogP contribution in [0.4, 0.5) is 51.2 Å². The maximum atomic E-state index is 12.5. The number of para-hydroxylation sites is 1. The first kappa shape index (κ1) is 56.8. The number of fused-ring (bicyclic) bond motifs is 2. The molecule has 0 radical (unpaired) electrons. The van der Waals surface area contributed by atoms with Gasteiger partial charge in [-0.2, -0.15) is 5.11 Å². The molecule has 26 nitrogen and oxygen atoms in total. The van der Waals surface area contributed by atoms with Crippen molar-refractivity contribution in [3.63, 3.8) is 0 Å². The molecule has 9 aromatic carbocycles. The minimum absolute atomic E-state index is 0.0104. The summed E-state index contributed by atoms with van der Waals surface area (Å²) in [6.07, 6.45) is 0. The van der Waals surface area contributed by atoms with Gasteiger partial charge in [0.1, 0.15) is 23.5 Å². The number of aromatic hydroxyl groups is 2. The molecule has 9 rings (SSSR count). The molecular formula is C55H42N12O14. The van der Waals surface area contributed by atoms with Crippen molar-refractivity contribution in [1.82, 2.24) is 5.32 Å². The Balaban J connectivity index is 0.000000216. The zero-order chi connectivity index (χ0) is 58.5. The average Bonchev–Trinajstić information content (AvgIpc) is 3.53. The molecule has 0 bridgehead atoms. The summed E-state index contributed by atoms with van der Waals surface area (Å²) >= 11 is 0. The summed E-state index contributed by atoms with van der Waals surface area (Å²) in [7, 11) is 1.42. The number of hydrogen-bond acceptors (Lipinski definition) is 20. The van der Waals surface area contributed by atoms with Crippen molar-refractivity contribution < 1.29 is 39.5 Å². The number of nitroso groups, excluding NO2 is 2. The van der Waals surface area contributed by atoms with Gasteiger partial charge in [-0.25, -0.2) is 0 Å². The fourth-order valence-electron chi connectivity index (χ4n) is 8.10. The summed E-state index contributed by atoms with van der Waals surface area (Å²) in [6.45, 7) is 0. The highest BCUT2D eigenvalue weighted by Gasteiger charge is 2.26. The molecule has 2 unspecified atom stereocenters. The van der Waals surface area contributed by atoms with E-state index >= 15 is 0 Å². The lowest BCUT2D eigenvalue weighted by Gasteiger charge is -2.17. The van der Waals surface area contributed by atoms with Crippen LogP contribution in [0.1, 0.15) is 55.1 Å². The summed E-state index contributed by atoms with van der Waals surface area (Å²) in [5, 5.41) is 86.6.